The van der Waals surface area contributed by atoms with E-state index in [1.165, 1.54) is 25.3 Å². The van der Waals surface area contributed by atoms with E-state index in [0.717, 1.165) is 0 Å². The van der Waals surface area contributed by atoms with Gasteiger partial charge in [0.15, 0.2) is 6.10 Å². The van der Waals surface area contributed by atoms with Crippen molar-refractivity contribution in [2.24, 2.45) is 0 Å². The van der Waals surface area contributed by atoms with Crippen molar-refractivity contribution in [1.82, 2.24) is 0 Å². The molecule has 0 spiro atoms. The van der Waals surface area contributed by atoms with Crippen molar-refractivity contribution in [2.45, 2.75) is 12.5 Å². The fourth-order valence-electron chi connectivity index (χ4n) is 1.24. The lowest BCUT2D eigenvalue weighted by atomic mass is 10.1. The molecule has 1 aromatic rings. The molecule has 0 saturated carbocycles. The molecule has 1 atom stereocenters. The quantitative estimate of drug-likeness (QED) is 0.462. The smallest absolute Gasteiger partial charge is 0.335 e. The Kier molecular flexibility index (Phi) is 3.96. The number of nitro groups is 1. The second kappa shape index (κ2) is 5.22. The molecule has 0 fully saturated rings. The number of aliphatic hydroxyl groups is 1. The molecule has 0 aliphatic heterocycles. The van der Waals surface area contributed by atoms with E-state index in [0.29, 0.717) is 5.56 Å². The summed E-state index contributed by atoms with van der Waals surface area (Å²) in [5.74, 6) is -0.758. The van der Waals surface area contributed by atoms with Gasteiger partial charge < -0.3 is 9.84 Å². The third-order valence-electron chi connectivity index (χ3n) is 2.02. The first-order chi connectivity index (χ1) is 7.54. The maximum atomic E-state index is 10.9. The van der Waals surface area contributed by atoms with Crippen LogP contribution in [-0.4, -0.2) is 29.2 Å². The van der Waals surface area contributed by atoms with Gasteiger partial charge in [-0.05, 0) is 5.56 Å². The third kappa shape index (κ3) is 3.03. The Morgan fingerprint density at radius 1 is 1.62 bits per heavy atom. The number of ether oxygens (including phenoxy) is 1. The van der Waals surface area contributed by atoms with Gasteiger partial charge in [0.2, 0.25) is 0 Å². The zero-order valence-electron chi connectivity index (χ0n) is 8.62. The molecule has 6 nitrogen and oxygen atoms in total. The van der Waals surface area contributed by atoms with Crippen molar-refractivity contribution in [2.75, 3.05) is 7.11 Å². The molecule has 0 aromatic heterocycles. The predicted molar refractivity (Wildman–Crippen MR) is 54.8 cm³/mol. The fourth-order valence-corrected chi connectivity index (χ4v) is 1.24. The molecule has 0 aliphatic carbocycles. The van der Waals surface area contributed by atoms with Crippen LogP contribution in [0.5, 0.6) is 0 Å². The van der Waals surface area contributed by atoms with E-state index in [2.05, 4.69) is 4.74 Å². The molecule has 1 unspecified atom stereocenters. The van der Waals surface area contributed by atoms with Crippen LogP contribution in [0.15, 0.2) is 24.3 Å². The average molecular weight is 225 g/mol. The first-order valence-corrected chi connectivity index (χ1v) is 4.54. The van der Waals surface area contributed by atoms with Crippen LogP contribution in [0.4, 0.5) is 5.69 Å². The van der Waals surface area contributed by atoms with Crippen molar-refractivity contribution < 1.29 is 19.6 Å². The molecule has 1 aromatic carbocycles. The summed E-state index contributed by atoms with van der Waals surface area (Å²) in [6, 6.07) is 5.75. The zero-order chi connectivity index (χ0) is 12.1. The minimum absolute atomic E-state index is 0.00560. The highest BCUT2D eigenvalue weighted by Crippen LogP contribution is 2.14. The molecule has 86 valence electrons. The third-order valence-corrected chi connectivity index (χ3v) is 2.02. The molecule has 0 saturated heterocycles. The van der Waals surface area contributed by atoms with Crippen LogP contribution < -0.4 is 0 Å². The van der Waals surface area contributed by atoms with Gasteiger partial charge in [-0.2, -0.15) is 0 Å². The SMILES string of the molecule is COC(=O)C(O)Cc1cccc([N+](=O)[O-])c1. The number of methoxy groups -OCH3 is 1. The molecule has 1 rings (SSSR count). The number of hydrogen-bond acceptors (Lipinski definition) is 5. The second-order valence-electron chi connectivity index (χ2n) is 3.17. The highest BCUT2D eigenvalue weighted by atomic mass is 16.6. The summed E-state index contributed by atoms with van der Waals surface area (Å²) in [7, 11) is 1.17. The first-order valence-electron chi connectivity index (χ1n) is 4.54. The van der Waals surface area contributed by atoms with Gasteiger partial charge in [-0.15, -0.1) is 0 Å². The molecular formula is C10H11NO5. The highest BCUT2D eigenvalue weighted by Gasteiger charge is 2.17. The van der Waals surface area contributed by atoms with Crippen LogP contribution in [0, 0.1) is 10.1 Å². The number of hydrogen-bond donors (Lipinski definition) is 1. The van der Waals surface area contributed by atoms with Crippen molar-refractivity contribution in [3.05, 3.63) is 39.9 Å². The summed E-state index contributed by atoms with van der Waals surface area (Å²) in [4.78, 5) is 20.9. The molecule has 0 amide bonds. The molecule has 0 bridgehead atoms. The number of esters is 1. The predicted octanol–water partition coefficient (Wildman–Crippen LogP) is 0.671. The maximum absolute atomic E-state index is 10.9. The van der Waals surface area contributed by atoms with Crippen molar-refractivity contribution in [3.63, 3.8) is 0 Å². The molecule has 0 radical (unpaired) electrons. The van der Waals surface area contributed by atoms with Gasteiger partial charge in [0.1, 0.15) is 0 Å². The summed E-state index contributed by atoms with van der Waals surface area (Å²) in [5, 5.41) is 19.8. The van der Waals surface area contributed by atoms with Crippen LogP contribution in [0.3, 0.4) is 0 Å². The summed E-state index contributed by atoms with van der Waals surface area (Å²) >= 11 is 0. The number of nitro benzene ring substituents is 1. The van der Waals surface area contributed by atoms with Gasteiger partial charge in [-0.1, -0.05) is 12.1 Å². The normalized spacial score (nSPS) is 11.9. The van der Waals surface area contributed by atoms with Crippen LogP contribution in [0.2, 0.25) is 0 Å². The fraction of sp³-hybridized carbons (Fsp3) is 0.300. The summed E-state index contributed by atoms with van der Waals surface area (Å²) in [6.45, 7) is 0. The van der Waals surface area contributed by atoms with Crippen LogP contribution >= 0.6 is 0 Å². The lowest BCUT2D eigenvalue weighted by Crippen LogP contribution is -2.24. The molecule has 0 aliphatic rings. The molecule has 16 heavy (non-hydrogen) atoms. The summed E-state index contributed by atoms with van der Waals surface area (Å²) in [5.41, 5.74) is 0.432. The van der Waals surface area contributed by atoms with E-state index < -0.39 is 17.0 Å². The van der Waals surface area contributed by atoms with Gasteiger partial charge >= 0.3 is 5.97 Å². The number of nitrogens with zero attached hydrogens (tertiary/aromatic N) is 1. The van der Waals surface area contributed by atoms with Gasteiger partial charge in [0.25, 0.3) is 5.69 Å². The number of non-ortho nitro benzene ring substituents is 1. The number of aliphatic hydroxyl groups excluding tert-OH is 1. The van der Waals surface area contributed by atoms with E-state index in [1.54, 1.807) is 6.07 Å². The second-order valence-corrected chi connectivity index (χ2v) is 3.17. The van der Waals surface area contributed by atoms with E-state index in [1.807, 2.05) is 0 Å². The van der Waals surface area contributed by atoms with Crippen LogP contribution in [-0.2, 0) is 16.0 Å². The zero-order valence-corrected chi connectivity index (χ0v) is 8.62. The monoisotopic (exact) mass is 225 g/mol. The molecule has 1 N–H and O–H groups in total. The Hall–Kier alpha value is -1.95. The molecule has 6 heteroatoms. The van der Waals surface area contributed by atoms with Gasteiger partial charge in [0.05, 0.1) is 12.0 Å². The standard InChI is InChI=1S/C10H11NO5/c1-16-10(13)9(12)6-7-3-2-4-8(5-7)11(14)15/h2-5,9,12H,6H2,1H3. The van der Waals surface area contributed by atoms with Crippen molar-refractivity contribution in [3.8, 4) is 0 Å². The Labute approximate surface area is 91.6 Å². The summed E-state index contributed by atoms with van der Waals surface area (Å²) in [6.07, 6.45) is -1.30. The van der Waals surface area contributed by atoms with Gasteiger partial charge in [-0.3, -0.25) is 10.1 Å². The summed E-state index contributed by atoms with van der Waals surface area (Å²) < 4.78 is 4.34. The van der Waals surface area contributed by atoms with E-state index in [4.69, 9.17) is 0 Å². The Morgan fingerprint density at radius 2 is 2.31 bits per heavy atom. The first kappa shape index (κ1) is 12.1. The minimum atomic E-state index is -1.30. The van der Waals surface area contributed by atoms with Gasteiger partial charge in [-0.25, -0.2) is 4.79 Å². The van der Waals surface area contributed by atoms with Crippen molar-refractivity contribution >= 4 is 11.7 Å². The Morgan fingerprint density at radius 3 is 2.88 bits per heavy atom. The highest BCUT2D eigenvalue weighted by molar-refractivity contribution is 5.74. The lowest BCUT2D eigenvalue weighted by Gasteiger charge is -2.07. The van der Waals surface area contributed by atoms with E-state index in [9.17, 15) is 20.0 Å². The van der Waals surface area contributed by atoms with Crippen molar-refractivity contribution in [1.29, 1.82) is 0 Å². The van der Waals surface area contributed by atoms with Crippen LogP contribution in [0.25, 0.3) is 0 Å². The Bertz CT molecular complexity index is 404. The molecular weight excluding hydrogens is 214 g/mol. The number of rotatable bonds is 4. The van der Waals surface area contributed by atoms with E-state index >= 15 is 0 Å². The lowest BCUT2D eigenvalue weighted by molar-refractivity contribution is -0.384. The Balaban J connectivity index is 2.78. The number of carbonyl (C=O) groups is 1. The topological polar surface area (TPSA) is 89.7 Å². The van der Waals surface area contributed by atoms with E-state index in [-0.39, 0.29) is 12.1 Å². The van der Waals surface area contributed by atoms with Crippen LogP contribution in [0.1, 0.15) is 5.56 Å². The maximum Gasteiger partial charge on any atom is 0.335 e. The number of benzene rings is 1. The average Bonchev–Trinajstić information content (AvgIpc) is 2.28. The minimum Gasteiger partial charge on any atom is -0.467 e. The molecule has 0 heterocycles. The number of carbonyl (C=O) groups excluding carboxylic acids is 1. The van der Waals surface area contributed by atoms with Gasteiger partial charge in [0, 0.05) is 18.6 Å². The largest absolute Gasteiger partial charge is 0.467 e.